The van der Waals surface area contributed by atoms with Crippen molar-refractivity contribution in [3.05, 3.63) is 152 Å². The zero-order valence-electron chi connectivity index (χ0n) is 24.6. The molecule has 0 spiro atoms. The lowest BCUT2D eigenvalue weighted by atomic mass is 10.00. The molecule has 4 heteroatoms. The third kappa shape index (κ3) is 3.81. The number of hydrogen-bond acceptors (Lipinski definition) is 4. The molecule has 0 aliphatic rings. The van der Waals surface area contributed by atoms with E-state index in [0.29, 0.717) is 0 Å². The average molecular weight is 624 g/mol. The number of furan rings is 1. The SMILES string of the molecule is c1ccc(-c2ccc(N(c3ccc4c(c3)sc3ccccc34)c3cccc4c3oc3ccccc34)c3c2sc2ccccc23)cc1. The molecule has 0 N–H and O–H groups in total. The first-order chi connectivity index (χ1) is 22.8. The van der Waals surface area contributed by atoms with Gasteiger partial charge in [-0.2, -0.15) is 0 Å². The Morgan fingerprint density at radius 1 is 0.457 bits per heavy atom. The summed E-state index contributed by atoms with van der Waals surface area (Å²) >= 11 is 3.72. The highest BCUT2D eigenvalue weighted by Crippen LogP contribution is 2.50. The molecule has 0 fully saturated rings. The average Bonchev–Trinajstić information content (AvgIpc) is 3.80. The predicted octanol–water partition coefficient (Wildman–Crippen LogP) is 13.5. The van der Waals surface area contributed by atoms with E-state index in [0.717, 1.165) is 39.0 Å². The van der Waals surface area contributed by atoms with Gasteiger partial charge >= 0.3 is 0 Å². The van der Waals surface area contributed by atoms with Crippen molar-refractivity contribution < 1.29 is 4.42 Å². The molecule has 216 valence electrons. The molecule has 3 heterocycles. The Bertz CT molecular complexity index is 2770. The number of thiophene rings is 2. The first-order valence-corrected chi connectivity index (χ1v) is 17.1. The van der Waals surface area contributed by atoms with Gasteiger partial charge in [-0.15, -0.1) is 22.7 Å². The van der Waals surface area contributed by atoms with Crippen molar-refractivity contribution in [1.82, 2.24) is 0 Å². The van der Waals surface area contributed by atoms with Crippen molar-refractivity contribution in [2.45, 2.75) is 0 Å². The largest absolute Gasteiger partial charge is 0.454 e. The highest BCUT2D eigenvalue weighted by atomic mass is 32.1. The van der Waals surface area contributed by atoms with Crippen molar-refractivity contribution in [3.8, 4) is 11.1 Å². The number of para-hydroxylation sites is 2. The van der Waals surface area contributed by atoms with E-state index in [-0.39, 0.29) is 0 Å². The summed E-state index contributed by atoms with van der Waals surface area (Å²) in [5, 5.41) is 7.36. The maximum atomic E-state index is 6.68. The summed E-state index contributed by atoms with van der Waals surface area (Å²) in [5.41, 5.74) is 7.54. The van der Waals surface area contributed by atoms with Crippen molar-refractivity contribution in [2.75, 3.05) is 4.90 Å². The summed E-state index contributed by atoms with van der Waals surface area (Å²) in [6, 6.07) is 54.6. The van der Waals surface area contributed by atoms with Crippen LogP contribution in [0.5, 0.6) is 0 Å². The predicted molar refractivity (Wildman–Crippen MR) is 200 cm³/mol. The summed E-state index contributed by atoms with van der Waals surface area (Å²) in [7, 11) is 0. The van der Waals surface area contributed by atoms with Crippen LogP contribution in [0, 0.1) is 0 Å². The van der Waals surface area contributed by atoms with Gasteiger partial charge in [-0.3, -0.25) is 0 Å². The van der Waals surface area contributed by atoms with Crippen LogP contribution < -0.4 is 4.90 Å². The smallest absolute Gasteiger partial charge is 0.159 e. The van der Waals surface area contributed by atoms with E-state index in [1.165, 1.54) is 51.5 Å². The van der Waals surface area contributed by atoms with Crippen LogP contribution in [-0.4, -0.2) is 0 Å². The van der Waals surface area contributed by atoms with Crippen LogP contribution in [0.4, 0.5) is 17.1 Å². The van der Waals surface area contributed by atoms with Crippen LogP contribution in [0.25, 0.3) is 73.4 Å². The van der Waals surface area contributed by atoms with Gasteiger partial charge in [0.15, 0.2) is 5.58 Å². The van der Waals surface area contributed by atoms with E-state index in [2.05, 4.69) is 150 Å². The zero-order chi connectivity index (χ0) is 30.2. The summed E-state index contributed by atoms with van der Waals surface area (Å²) in [6.45, 7) is 0. The Morgan fingerprint density at radius 2 is 1.15 bits per heavy atom. The van der Waals surface area contributed by atoms with Gasteiger partial charge in [0.2, 0.25) is 0 Å². The van der Waals surface area contributed by atoms with Gasteiger partial charge in [0.1, 0.15) is 5.58 Å². The highest BCUT2D eigenvalue weighted by Gasteiger charge is 2.24. The molecule has 3 aromatic heterocycles. The molecule has 46 heavy (non-hydrogen) atoms. The Hall–Kier alpha value is -5.42. The van der Waals surface area contributed by atoms with Gasteiger partial charge in [0, 0.05) is 56.8 Å². The van der Waals surface area contributed by atoms with Crippen molar-refractivity contribution in [2.24, 2.45) is 0 Å². The van der Waals surface area contributed by atoms with E-state index in [1.54, 1.807) is 0 Å². The number of anilines is 3. The first-order valence-electron chi connectivity index (χ1n) is 15.4. The number of nitrogens with zero attached hydrogens (tertiary/aromatic N) is 1. The van der Waals surface area contributed by atoms with Gasteiger partial charge in [-0.05, 0) is 53.6 Å². The molecular weight excluding hydrogens is 599 g/mol. The molecule has 0 aliphatic heterocycles. The molecule has 0 unspecified atom stereocenters. The van der Waals surface area contributed by atoms with E-state index < -0.39 is 0 Å². The second-order valence-corrected chi connectivity index (χ2v) is 13.8. The number of benzene rings is 7. The Kier molecular flexibility index (Phi) is 5.65. The van der Waals surface area contributed by atoms with E-state index >= 15 is 0 Å². The Labute approximate surface area is 273 Å². The maximum absolute atomic E-state index is 6.68. The van der Waals surface area contributed by atoms with E-state index in [9.17, 15) is 0 Å². The summed E-state index contributed by atoms with van der Waals surface area (Å²) in [6.07, 6.45) is 0. The molecule has 10 rings (SSSR count). The summed E-state index contributed by atoms with van der Waals surface area (Å²) < 4.78 is 11.8. The molecule has 2 nitrogen and oxygen atoms in total. The minimum absolute atomic E-state index is 0.889. The topological polar surface area (TPSA) is 16.4 Å². The molecule has 0 bridgehead atoms. The molecule has 0 atom stereocenters. The fraction of sp³-hybridized carbons (Fsp3) is 0. The van der Waals surface area contributed by atoms with Crippen molar-refractivity contribution in [3.63, 3.8) is 0 Å². The first kappa shape index (κ1) is 25.9. The quantitative estimate of drug-likeness (QED) is 0.194. The minimum Gasteiger partial charge on any atom is -0.454 e. The third-order valence-electron chi connectivity index (χ3n) is 9.07. The molecule has 0 saturated heterocycles. The monoisotopic (exact) mass is 623 g/mol. The number of rotatable bonds is 4. The van der Waals surface area contributed by atoms with Crippen molar-refractivity contribution >= 4 is 102 Å². The van der Waals surface area contributed by atoms with Crippen LogP contribution >= 0.6 is 22.7 Å². The van der Waals surface area contributed by atoms with Gasteiger partial charge in [-0.25, -0.2) is 0 Å². The number of fused-ring (bicyclic) bond motifs is 9. The van der Waals surface area contributed by atoms with E-state index in [1.807, 2.05) is 28.7 Å². The molecule has 0 amide bonds. The van der Waals surface area contributed by atoms with E-state index in [4.69, 9.17) is 4.42 Å². The van der Waals surface area contributed by atoms with Crippen LogP contribution in [-0.2, 0) is 0 Å². The van der Waals surface area contributed by atoms with Crippen molar-refractivity contribution in [1.29, 1.82) is 0 Å². The second kappa shape index (κ2) is 10.0. The van der Waals surface area contributed by atoms with Crippen LogP contribution in [0.1, 0.15) is 0 Å². The number of hydrogen-bond donors (Lipinski definition) is 0. The second-order valence-electron chi connectivity index (χ2n) is 11.7. The van der Waals surface area contributed by atoms with Crippen LogP contribution in [0.15, 0.2) is 156 Å². The van der Waals surface area contributed by atoms with Gasteiger partial charge < -0.3 is 9.32 Å². The fourth-order valence-corrected chi connectivity index (χ4v) is 9.41. The highest BCUT2D eigenvalue weighted by molar-refractivity contribution is 7.26. The van der Waals surface area contributed by atoms with Crippen LogP contribution in [0.2, 0.25) is 0 Å². The minimum atomic E-state index is 0.889. The van der Waals surface area contributed by atoms with Gasteiger partial charge in [0.25, 0.3) is 0 Å². The molecular formula is C42H25NOS2. The zero-order valence-corrected chi connectivity index (χ0v) is 26.2. The Morgan fingerprint density at radius 3 is 2.02 bits per heavy atom. The lowest BCUT2D eigenvalue weighted by Gasteiger charge is -2.27. The molecule has 0 saturated carbocycles. The summed E-state index contributed by atoms with van der Waals surface area (Å²) in [5.74, 6) is 0. The van der Waals surface area contributed by atoms with Gasteiger partial charge in [0.05, 0.1) is 11.4 Å². The van der Waals surface area contributed by atoms with Crippen LogP contribution in [0.3, 0.4) is 0 Å². The van der Waals surface area contributed by atoms with Gasteiger partial charge in [-0.1, -0.05) is 109 Å². The summed E-state index contributed by atoms with van der Waals surface area (Å²) in [4.78, 5) is 2.42. The molecule has 7 aromatic carbocycles. The third-order valence-corrected chi connectivity index (χ3v) is 11.4. The lowest BCUT2D eigenvalue weighted by Crippen LogP contribution is -2.10. The molecule has 0 aliphatic carbocycles. The molecule has 10 aromatic rings. The fourth-order valence-electron chi connectivity index (χ4n) is 7.01. The Balaban J connectivity index is 1.32. The normalized spacial score (nSPS) is 11.9. The molecule has 0 radical (unpaired) electrons. The lowest BCUT2D eigenvalue weighted by molar-refractivity contribution is 0.669. The maximum Gasteiger partial charge on any atom is 0.159 e. The standard InChI is InChI=1S/C42H25NOS2/c1-2-11-26(12-3-1)28-23-24-34(40-33-15-6-9-20-38(33)46-42(28)40)43(27-21-22-31-30-14-5-8-19-37(30)45-39(31)25-27)35-17-10-16-32-29-13-4-7-18-36(29)44-41(32)35/h1-25H.